The zero-order chi connectivity index (χ0) is 14.0. The van der Waals surface area contributed by atoms with Crippen LogP contribution >= 0.6 is 0 Å². The van der Waals surface area contributed by atoms with Gasteiger partial charge in [-0.15, -0.1) is 0 Å². The molecular formula is C14H22N2O2. The lowest BCUT2D eigenvalue weighted by atomic mass is 10.2. The molecule has 1 aromatic rings. The smallest absolute Gasteiger partial charge is 0.217 e. The van der Waals surface area contributed by atoms with Gasteiger partial charge in [0.1, 0.15) is 0 Å². The summed E-state index contributed by atoms with van der Waals surface area (Å²) in [5, 5.41) is 0. The van der Waals surface area contributed by atoms with Crippen LogP contribution in [0.2, 0.25) is 0 Å². The first kappa shape index (κ1) is 16.2. The molecule has 0 saturated carbocycles. The van der Waals surface area contributed by atoms with E-state index in [4.69, 9.17) is 11.5 Å². The predicted molar refractivity (Wildman–Crippen MR) is 72.8 cm³/mol. The molecule has 0 atom stereocenters. The van der Waals surface area contributed by atoms with E-state index in [0.29, 0.717) is 25.7 Å². The van der Waals surface area contributed by atoms with E-state index in [9.17, 15) is 9.59 Å². The molecule has 100 valence electrons. The molecule has 0 bridgehead atoms. The lowest BCUT2D eigenvalue weighted by molar-refractivity contribution is -0.119. The van der Waals surface area contributed by atoms with Crippen LogP contribution in [-0.2, 0) is 9.59 Å². The largest absolute Gasteiger partial charge is 0.370 e. The molecule has 0 radical (unpaired) electrons. The minimum absolute atomic E-state index is 0.329. The molecule has 4 nitrogen and oxygen atoms in total. The SMILES string of the molecule is Cc1cccc(C)c1.NC(=O)CCCCC(N)=O. The summed E-state index contributed by atoms with van der Waals surface area (Å²) in [7, 11) is 0. The molecule has 0 aliphatic heterocycles. The molecule has 0 spiro atoms. The Hall–Kier alpha value is -1.84. The van der Waals surface area contributed by atoms with Gasteiger partial charge < -0.3 is 11.5 Å². The number of amides is 2. The van der Waals surface area contributed by atoms with Crippen LogP contribution < -0.4 is 11.5 Å². The third-order valence-corrected chi connectivity index (χ3v) is 2.27. The number of unbranched alkanes of at least 4 members (excludes halogenated alkanes) is 1. The van der Waals surface area contributed by atoms with Gasteiger partial charge in [0, 0.05) is 12.8 Å². The maximum absolute atomic E-state index is 10.2. The van der Waals surface area contributed by atoms with Crippen LogP contribution in [0, 0.1) is 13.8 Å². The van der Waals surface area contributed by atoms with E-state index in [2.05, 4.69) is 38.1 Å². The maximum Gasteiger partial charge on any atom is 0.217 e. The van der Waals surface area contributed by atoms with Crippen molar-refractivity contribution in [3.63, 3.8) is 0 Å². The van der Waals surface area contributed by atoms with Crippen molar-refractivity contribution in [2.75, 3.05) is 0 Å². The Labute approximate surface area is 108 Å². The fraction of sp³-hybridized carbons (Fsp3) is 0.429. The Bertz CT molecular complexity index is 356. The van der Waals surface area contributed by atoms with Crippen LogP contribution in [0.1, 0.15) is 36.8 Å². The highest BCUT2D eigenvalue weighted by atomic mass is 16.1. The van der Waals surface area contributed by atoms with Crippen molar-refractivity contribution in [3.8, 4) is 0 Å². The first-order valence-electron chi connectivity index (χ1n) is 6.01. The highest BCUT2D eigenvalue weighted by Gasteiger charge is 1.96. The van der Waals surface area contributed by atoms with E-state index in [-0.39, 0.29) is 11.8 Å². The number of aryl methyl sites for hydroxylation is 2. The Balaban J connectivity index is 0.000000327. The lowest BCUT2D eigenvalue weighted by Crippen LogP contribution is -2.12. The predicted octanol–water partition coefficient (Wildman–Crippen LogP) is 1.82. The van der Waals surface area contributed by atoms with Gasteiger partial charge in [0.15, 0.2) is 0 Å². The maximum atomic E-state index is 10.2. The van der Waals surface area contributed by atoms with Crippen LogP contribution in [0.15, 0.2) is 24.3 Å². The number of hydrogen-bond donors (Lipinski definition) is 2. The van der Waals surface area contributed by atoms with E-state index >= 15 is 0 Å². The molecule has 0 aliphatic rings. The average Bonchev–Trinajstić information content (AvgIpc) is 2.24. The van der Waals surface area contributed by atoms with E-state index in [1.807, 2.05) is 0 Å². The Morgan fingerprint density at radius 2 is 1.33 bits per heavy atom. The summed E-state index contributed by atoms with van der Waals surface area (Å²) in [4.78, 5) is 20.3. The van der Waals surface area contributed by atoms with Crippen molar-refractivity contribution in [2.45, 2.75) is 39.5 Å². The van der Waals surface area contributed by atoms with Gasteiger partial charge in [0.05, 0.1) is 0 Å². The van der Waals surface area contributed by atoms with Gasteiger partial charge in [-0.2, -0.15) is 0 Å². The molecule has 1 rings (SSSR count). The zero-order valence-electron chi connectivity index (χ0n) is 11.1. The topological polar surface area (TPSA) is 86.2 Å². The van der Waals surface area contributed by atoms with Crippen molar-refractivity contribution in [2.24, 2.45) is 11.5 Å². The van der Waals surface area contributed by atoms with E-state index in [0.717, 1.165) is 0 Å². The fourth-order valence-corrected chi connectivity index (χ4v) is 1.41. The number of hydrogen-bond acceptors (Lipinski definition) is 2. The van der Waals surface area contributed by atoms with Crippen LogP contribution in [0.3, 0.4) is 0 Å². The Morgan fingerprint density at radius 1 is 0.944 bits per heavy atom. The molecular weight excluding hydrogens is 228 g/mol. The van der Waals surface area contributed by atoms with Gasteiger partial charge >= 0.3 is 0 Å². The summed E-state index contributed by atoms with van der Waals surface area (Å²) in [6, 6.07) is 8.45. The summed E-state index contributed by atoms with van der Waals surface area (Å²) in [6.45, 7) is 4.21. The molecule has 18 heavy (non-hydrogen) atoms. The van der Waals surface area contributed by atoms with E-state index < -0.39 is 0 Å². The number of rotatable bonds is 5. The monoisotopic (exact) mass is 250 g/mol. The fourth-order valence-electron chi connectivity index (χ4n) is 1.41. The van der Waals surface area contributed by atoms with Crippen LogP contribution in [0.5, 0.6) is 0 Å². The number of nitrogens with two attached hydrogens (primary N) is 2. The molecule has 1 aromatic carbocycles. The number of carbonyl (C=O) groups excluding carboxylic acids is 2. The third-order valence-electron chi connectivity index (χ3n) is 2.27. The van der Waals surface area contributed by atoms with Crippen LogP contribution in [0.4, 0.5) is 0 Å². The van der Waals surface area contributed by atoms with Crippen molar-refractivity contribution < 1.29 is 9.59 Å². The molecule has 2 amide bonds. The van der Waals surface area contributed by atoms with Crippen LogP contribution in [0.25, 0.3) is 0 Å². The second kappa shape index (κ2) is 9.22. The summed E-state index contributed by atoms with van der Waals surface area (Å²) in [5.41, 5.74) is 12.4. The van der Waals surface area contributed by atoms with E-state index in [1.54, 1.807) is 0 Å². The quantitative estimate of drug-likeness (QED) is 0.781. The first-order chi connectivity index (χ1) is 8.41. The van der Waals surface area contributed by atoms with Gasteiger partial charge in [0.2, 0.25) is 11.8 Å². The van der Waals surface area contributed by atoms with Crippen LogP contribution in [-0.4, -0.2) is 11.8 Å². The van der Waals surface area contributed by atoms with Gasteiger partial charge in [0.25, 0.3) is 0 Å². The second-order valence-corrected chi connectivity index (χ2v) is 4.30. The second-order valence-electron chi connectivity index (χ2n) is 4.30. The third kappa shape index (κ3) is 10.7. The van der Waals surface area contributed by atoms with Crippen molar-refractivity contribution in [1.29, 1.82) is 0 Å². The summed E-state index contributed by atoms with van der Waals surface area (Å²) in [6.07, 6.45) is 1.98. The number of primary amides is 2. The normalized spacial score (nSPS) is 9.22. The van der Waals surface area contributed by atoms with Gasteiger partial charge in [-0.1, -0.05) is 35.4 Å². The summed E-state index contributed by atoms with van der Waals surface area (Å²) < 4.78 is 0. The summed E-state index contributed by atoms with van der Waals surface area (Å²) in [5.74, 6) is -0.658. The Kier molecular flexibility index (Phi) is 8.27. The van der Waals surface area contributed by atoms with Gasteiger partial charge in [-0.25, -0.2) is 0 Å². The van der Waals surface area contributed by atoms with Crippen molar-refractivity contribution in [3.05, 3.63) is 35.4 Å². The van der Waals surface area contributed by atoms with Crippen molar-refractivity contribution in [1.82, 2.24) is 0 Å². The molecule has 0 heterocycles. The molecule has 0 aliphatic carbocycles. The average molecular weight is 250 g/mol. The van der Waals surface area contributed by atoms with Gasteiger partial charge in [-0.3, -0.25) is 9.59 Å². The highest BCUT2D eigenvalue weighted by molar-refractivity contribution is 5.74. The minimum Gasteiger partial charge on any atom is -0.370 e. The number of benzene rings is 1. The van der Waals surface area contributed by atoms with Gasteiger partial charge in [-0.05, 0) is 26.7 Å². The molecule has 0 fully saturated rings. The standard InChI is InChI=1S/C8H10.C6H12N2O2/c1-7-4-3-5-8(2)6-7;7-5(9)3-1-2-4-6(8)10/h3-6H,1-2H3;1-4H2,(H2,7,9)(H2,8,10). The molecule has 0 saturated heterocycles. The first-order valence-corrected chi connectivity index (χ1v) is 6.01. The zero-order valence-corrected chi connectivity index (χ0v) is 11.1. The minimum atomic E-state index is -0.329. The molecule has 0 aromatic heterocycles. The Morgan fingerprint density at radius 3 is 1.56 bits per heavy atom. The van der Waals surface area contributed by atoms with E-state index in [1.165, 1.54) is 11.1 Å². The lowest BCUT2D eigenvalue weighted by Gasteiger charge is -1.93. The van der Waals surface area contributed by atoms with Crippen molar-refractivity contribution >= 4 is 11.8 Å². The number of carbonyl (C=O) groups is 2. The molecule has 4 N–H and O–H groups in total. The molecule has 0 unspecified atom stereocenters. The summed E-state index contributed by atoms with van der Waals surface area (Å²) >= 11 is 0. The highest BCUT2D eigenvalue weighted by Crippen LogP contribution is 2.00. The molecule has 4 heteroatoms.